The number of nitrogens with one attached hydrogen (secondary N) is 1. The number of rotatable bonds is 5. The minimum Gasteiger partial charge on any atom is -0.478 e. The van der Waals surface area contributed by atoms with Crippen LogP contribution in [-0.4, -0.2) is 17.0 Å². The highest BCUT2D eigenvalue weighted by atomic mass is 35.5. The molecule has 1 rings (SSSR count). The number of amides is 1. The summed E-state index contributed by atoms with van der Waals surface area (Å²) >= 11 is 5.80. The van der Waals surface area contributed by atoms with Gasteiger partial charge in [-0.15, -0.1) is 0 Å². The van der Waals surface area contributed by atoms with Crippen LogP contribution >= 0.6 is 11.6 Å². The quantitative estimate of drug-likeness (QED) is 0.861. The molecule has 0 aromatic heterocycles. The van der Waals surface area contributed by atoms with E-state index in [1.807, 2.05) is 13.8 Å². The van der Waals surface area contributed by atoms with E-state index in [0.717, 1.165) is 12.8 Å². The van der Waals surface area contributed by atoms with Crippen molar-refractivity contribution in [3.8, 4) is 0 Å². The molecule has 0 aliphatic rings. The van der Waals surface area contributed by atoms with Crippen LogP contribution < -0.4 is 5.32 Å². The molecule has 2 N–H and O–H groups in total. The maximum atomic E-state index is 11.8. The van der Waals surface area contributed by atoms with Crippen molar-refractivity contribution in [1.29, 1.82) is 0 Å². The number of halogens is 1. The molecule has 0 saturated heterocycles. The van der Waals surface area contributed by atoms with Crippen LogP contribution in [0.15, 0.2) is 18.2 Å². The third kappa shape index (κ3) is 3.74. The molecule has 0 spiro atoms. The van der Waals surface area contributed by atoms with Crippen LogP contribution in [-0.2, 0) is 4.79 Å². The highest BCUT2D eigenvalue weighted by molar-refractivity contribution is 6.31. The second-order valence-corrected chi connectivity index (χ2v) is 4.61. The summed E-state index contributed by atoms with van der Waals surface area (Å²) in [4.78, 5) is 22.9. The largest absolute Gasteiger partial charge is 0.478 e. The SMILES string of the molecule is CCCC(C)C(=O)Nc1cc(Cl)ccc1C(=O)O. The Bertz CT molecular complexity index is 460. The van der Waals surface area contributed by atoms with Crippen molar-refractivity contribution in [2.24, 2.45) is 5.92 Å². The fourth-order valence-corrected chi connectivity index (χ4v) is 1.80. The lowest BCUT2D eigenvalue weighted by Gasteiger charge is -2.13. The molecule has 0 heterocycles. The average Bonchev–Trinajstić information content (AvgIpc) is 2.28. The number of aromatic carboxylic acids is 1. The maximum Gasteiger partial charge on any atom is 0.337 e. The van der Waals surface area contributed by atoms with E-state index in [1.54, 1.807) is 0 Å². The van der Waals surface area contributed by atoms with Gasteiger partial charge in [0.1, 0.15) is 0 Å². The number of hydrogen-bond acceptors (Lipinski definition) is 2. The van der Waals surface area contributed by atoms with Crippen LogP contribution in [0.2, 0.25) is 5.02 Å². The molecule has 1 atom stereocenters. The van der Waals surface area contributed by atoms with Gasteiger partial charge in [0.25, 0.3) is 0 Å². The summed E-state index contributed by atoms with van der Waals surface area (Å²) in [6, 6.07) is 4.31. The molecular formula is C13H16ClNO3. The molecule has 0 saturated carbocycles. The molecule has 0 aliphatic heterocycles. The highest BCUT2D eigenvalue weighted by Gasteiger charge is 2.16. The molecule has 1 aromatic rings. The molecule has 0 aliphatic carbocycles. The Morgan fingerprint density at radius 3 is 2.67 bits per heavy atom. The zero-order valence-corrected chi connectivity index (χ0v) is 11.1. The zero-order chi connectivity index (χ0) is 13.7. The van der Waals surface area contributed by atoms with Gasteiger partial charge in [0, 0.05) is 10.9 Å². The molecule has 0 fully saturated rings. The van der Waals surface area contributed by atoms with E-state index in [2.05, 4.69) is 5.32 Å². The first-order valence-electron chi connectivity index (χ1n) is 5.79. The van der Waals surface area contributed by atoms with Crippen LogP contribution in [0, 0.1) is 5.92 Å². The Hall–Kier alpha value is -1.55. The second-order valence-electron chi connectivity index (χ2n) is 4.17. The second kappa shape index (κ2) is 6.40. The summed E-state index contributed by atoms with van der Waals surface area (Å²) in [6.45, 7) is 3.80. The monoisotopic (exact) mass is 269 g/mol. The zero-order valence-electron chi connectivity index (χ0n) is 10.4. The van der Waals surface area contributed by atoms with E-state index in [-0.39, 0.29) is 23.1 Å². The first-order chi connectivity index (χ1) is 8.45. The van der Waals surface area contributed by atoms with Gasteiger partial charge in [-0.25, -0.2) is 4.79 Å². The van der Waals surface area contributed by atoms with Crippen molar-refractivity contribution in [2.75, 3.05) is 5.32 Å². The van der Waals surface area contributed by atoms with Crippen molar-refractivity contribution in [3.05, 3.63) is 28.8 Å². The number of hydrogen-bond donors (Lipinski definition) is 2. The summed E-state index contributed by atoms with van der Waals surface area (Å²) in [7, 11) is 0. The van der Waals surface area contributed by atoms with Gasteiger partial charge in [-0.1, -0.05) is 31.9 Å². The van der Waals surface area contributed by atoms with Gasteiger partial charge in [-0.3, -0.25) is 4.79 Å². The minimum atomic E-state index is -1.09. The molecule has 0 radical (unpaired) electrons. The van der Waals surface area contributed by atoms with Crippen LogP contribution in [0.25, 0.3) is 0 Å². The lowest BCUT2D eigenvalue weighted by molar-refractivity contribution is -0.119. The Kier molecular flexibility index (Phi) is 5.16. The number of carboxylic acids is 1. The Morgan fingerprint density at radius 2 is 2.11 bits per heavy atom. The summed E-state index contributed by atoms with van der Waals surface area (Å²) in [5, 5.41) is 12.0. The minimum absolute atomic E-state index is 0.0384. The van der Waals surface area contributed by atoms with Gasteiger partial charge >= 0.3 is 5.97 Å². The molecule has 18 heavy (non-hydrogen) atoms. The normalized spacial score (nSPS) is 11.9. The van der Waals surface area contributed by atoms with Crippen LogP contribution in [0.4, 0.5) is 5.69 Å². The summed E-state index contributed by atoms with van der Waals surface area (Å²) in [5.74, 6) is -1.44. The van der Waals surface area contributed by atoms with Crippen molar-refractivity contribution in [3.63, 3.8) is 0 Å². The van der Waals surface area contributed by atoms with E-state index in [1.165, 1.54) is 18.2 Å². The van der Waals surface area contributed by atoms with E-state index in [4.69, 9.17) is 16.7 Å². The predicted molar refractivity (Wildman–Crippen MR) is 71.1 cm³/mol. The third-order valence-corrected chi connectivity index (χ3v) is 2.87. The van der Waals surface area contributed by atoms with Gasteiger partial charge in [-0.05, 0) is 24.6 Å². The molecule has 98 valence electrons. The highest BCUT2D eigenvalue weighted by Crippen LogP contribution is 2.22. The van der Waals surface area contributed by atoms with E-state index in [9.17, 15) is 9.59 Å². The fraction of sp³-hybridized carbons (Fsp3) is 0.385. The van der Waals surface area contributed by atoms with Crippen molar-refractivity contribution < 1.29 is 14.7 Å². The van der Waals surface area contributed by atoms with E-state index >= 15 is 0 Å². The molecule has 5 heteroatoms. The number of benzene rings is 1. The average molecular weight is 270 g/mol. The molecule has 4 nitrogen and oxygen atoms in total. The Balaban J connectivity index is 2.92. The predicted octanol–water partition coefficient (Wildman–Crippen LogP) is 3.41. The molecule has 1 amide bonds. The maximum absolute atomic E-state index is 11.8. The summed E-state index contributed by atoms with van der Waals surface area (Å²) < 4.78 is 0. The number of anilines is 1. The lowest BCUT2D eigenvalue weighted by atomic mass is 10.0. The lowest BCUT2D eigenvalue weighted by Crippen LogP contribution is -2.21. The van der Waals surface area contributed by atoms with Crippen LogP contribution in [0.3, 0.4) is 0 Å². The Morgan fingerprint density at radius 1 is 1.44 bits per heavy atom. The topological polar surface area (TPSA) is 66.4 Å². The first-order valence-corrected chi connectivity index (χ1v) is 6.17. The molecular weight excluding hydrogens is 254 g/mol. The molecule has 1 aromatic carbocycles. The van der Waals surface area contributed by atoms with Gasteiger partial charge in [0.2, 0.25) is 5.91 Å². The van der Waals surface area contributed by atoms with Gasteiger partial charge in [0.15, 0.2) is 0 Å². The number of carbonyl (C=O) groups is 2. The van der Waals surface area contributed by atoms with E-state index in [0.29, 0.717) is 5.02 Å². The summed E-state index contributed by atoms with van der Waals surface area (Å²) in [6.07, 6.45) is 1.66. The fourth-order valence-electron chi connectivity index (χ4n) is 1.63. The van der Waals surface area contributed by atoms with Gasteiger partial charge < -0.3 is 10.4 Å². The van der Waals surface area contributed by atoms with Crippen molar-refractivity contribution in [2.45, 2.75) is 26.7 Å². The molecule has 0 bridgehead atoms. The van der Waals surface area contributed by atoms with Crippen LogP contribution in [0.5, 0.6) is 0 Å². The summed E-state index contributed by atoms with van der Waals surface area (Å²) in [5.41, 5.74) is 0.277. The smallest absolute Gasteiger partial charge is 0.337 e. The third-order valence-electron chi connectivity index (χ3n) is 2.64. The number of carboxylic acid groups (broad SMARTS) is 1. The standard InChI is InChI=1S/C13H16ClNO3/c1-3-4-8(2)12(16)15-11-7-9(14)5-6-10(11)13(17)18/h5-8H,3-4H2,1-2H3,(H,15,16)(H,17,18). The van der Waals surface area contributed by atoms with Crippen molar-refractivity contribution in [1.82, 2.24) is 0 Å². The van der Waals surface area contributed by atoms with E-state index < -0.39 is 5.97 Å². The van der Waals surface area contributed by atoms with Crippen molar-refractivity contribution >= 4 is 29.2 Å². The first kappa shape index (κ1) is 14.5. The Labute approximate surface area is 111 Å². The van der Waals surface area contributed by atoms with Crippen LogP contribution in [0.1, 0.15) is 37.0 Å². The molecule has 1 unspecified atom stereocenters. The number of carbonyl (C=O) groups excluding carboxylic acids is 1. The van der Waals surface area contributed by atoms with Gasteiger partial charge in [-0.2, -0.15) is 0 Å². The van der Waals surface area contributed by atoms with Gasteiger partial charge in [0.05, 0.1) is 11.3 Å².